The van der Waals surface area contributed by atoms with Gasteiger partial charge in [-0.1, -0.05) is 94.4 Å². The second-order valence-corrected chi connectivity index (χ2v) is 20.1. The highest BCUT2D eigenvalue weighted by molar-refractivity contribution is 7.80. The number of nitrogens with two attached hydrogens (primary N) is 2. The largest absolute Gasteiger partial charge is 0.508 e. The molecule has 2 aromatic heterocycles. The number of carboxylic acid groups (broad SMARTS) is 1. The van der Waals surface area contributed by atoms with Gasteiger partial charge in [0.1, 0.15) is 72.1 Å². The van der Waals surface area contributed by atoms with E-state index in [9.17, 15) is 53.7 Å². The van der Waals surface area contributed by atoms with Gasteiger partial charge in [-0.25, -0.2) is 19.4 Å². The third-order valence-electron chi connectivity index (χ3n) is 13.5. The summed E-state index contributed by atoms with van der Waals surface area (Å²) in [6.07, 6.45) is 1.91. The molecule has 0 saturated heterocycles. The van der Waals surface area contributed by atoms with E-state index in [1.54, 1.807) is 50.2 Å². The summed E-state index contributed by atoms with van der Waals surface area (Å²) in [6.45, 7) is 4.76. The minimum atomic E-state index is -1.53. The van der Waals surface area contributed by atoms with E-state index in [0.29, 0.717) is 58.4 Å². The van der Waals surface area contributed by atoms with Crippen LogP contribution in [0.2, 0.25) is 0 Å². The van der Waals surface area contributed by atoms with Crippen LogP contribution in [0.3, 0.4) is 0 Å². The smallest absolute Gasteiger partial charge is 0.326 e. The van der Waals surface area contributed by atoms with Crippen molar-refractivity contribution in [1.29, 1.82) is 0 Å². The number of hydrogen-bond acceptors (Lipinski definition) is 17. The predicted molar refractivity (Wildman–Crippen MR) is 324 cm³/mol. The third kappa shape index (κ3) is 20.3. The van der Waals surface area contributed by atoms with E-state index in [0.717, 1.165) is 12.7 Å². The summed E-state index contributed by atoms with van der Waals surface area (Å²) in [5.41, 5.74) is 15.5. The first-order chi connectivity index (χ1) is 40.3. The molecule has 0 aliphatic heterocycles. The fraction of sp³-hybridized carbons (Fsp3) is 0.373. The quantitative estimate of drug-likeness (QED) is 0.0237. The third-order valence-corrected chi connectivity index (χ3v) is 13.8. The number of carbonyl (C=O) groups excluding carboxylic acids is 7. The van der Waals surface area contributed by atoms with Gasteiger partial charge in [0, 0.05) is 50.3 Å². The fourth-order valence-electron chi connectivity index (χ4n) is 8.82. The number of rotatable bonds is 29. The molecule has 7 unspecified atom stereocenters. The monoisotopic (exact) mass is 1190 g/mol. The predicted octanol–water partition coefficient (Wildman–Crippen LogP) is 2.52. The number of nitrogens with one attached hydrogen (secondary N) is 7. The zero-order valence-electron chi connectivity index (χ0n) is 47.0. The number of benzene rings is 4. The second kappa shape index (κ2) is 33.8. The Balaban J connectivity index is 0.00000511. The molecule has 6 rings (SSSR count). The Morgan fingerprint density at radius 3 is 1.65 bits per heavy atom. The summed E-state index contributed by atoms with van der Waals surface area (Å²) in [6, 6.07) is 19.2. The number of carboxylic acids is 1. The van der Waals surface area contributed by atoms with Gasteiger partial charge in [0.05, 0.1) is 5.39 Å². The van der Waals surface area contributed by atoms with Crippen LogP contribution in [-0.2, 0) is 64.2 Å². The molecule has 0 bridgehead atoms. The van der Waals surface area contributed by atoms with Crippen LogP contribution in [-0.4, -0.2) is 143 Å². The van der Waals surface area contributed by atoms with E-state index < -0.39 is 89.5 Å². The van der Waals surface area contributed by atoms with Crippen molar-refractivity contribution < 1.29 is 58.8 Å². The maximum Gasteiger partial charge on any atom is 0.326 e. The molecule has 26 heteroatoms. The van der Waals surface area contributed by atoms with Gasteiger partial charge in [0.2, 0.25) is 41.4 Å². The van der Waals surface area contributed by atoms with Crippen molar-refractivity contribution in [3.63, 3.8) is 0 Å². The molecule has 2 heterocycles. The minimum absolute atomic E-state index is 0. The van der Waals surface area contributed by atoms with E-state index in [1.165, 1.54) is 54.3 Å². The molecule has 456 valence electrons. The first-order valence-corrected chi connectivity index (χ1v) is 27.6. The van der Waals surface area contributed by atoms with Gasteiger partial charge in [-0.05, 0) is 84.8 Å². The fourth-order valence-corrected chi connectivity index (χ4v) is 9.08. The number of fused-ring (bicyclic) bond motifs is 1. The number of thiol groups is 1. The SMILES string of the molecule is C.CCC(C)C(NC(=O)C(CS)NC(C)=O)C(=O)NC(Cc1ccc(O)cc1)C(=O)NC(CCCCN)C(=O)NC(Cc1ccc(O)cc1)C(=O)NC(Cc1ccc(NC(=O)Cn2nc(-c3ccccc3)c3c(N)ncnc32)cc1)C(=O)O.CO. The van der Waals surface area contributed by atoms with Crippen LogP contribution >= 0.6 is 12.6 Å². The molecule has 0 spiro atoms. The number of carbonyl (C=O) groups is 8. The Morgan fingerprint density at radius 2 is 1.13 bits per heavy atom. The first kappa shape index (κ1) is 68.4. The van der Waals surface area contributed by atoms with Crippen molar-refractivity contribution in [3.8, 4) is 22.8 Å². The average molecular weight is 1190 g/mol. The van der Waals surface area contributed by atoms with E-state index in [1.807, 2.05) is 30.3 Å². The van der Waals surface area contributed by atoms with Gasteiger partial charge in [0.15, 0.2) is 5.65 Å². The molecular weight excluding hydrogens is 1110 g/mol. The van der Waals surface area contributed by atoms with Gasteiger partial charge in [-0.15, -0.1) is 0 Å². The number of aliphatic hydroxyl groups is 1. The minimum Gasteiger partial charge on any atom is -0.508 e. The number of unbranched alkanes of at least 4 members (excludes halogenated alkanes) is 1. The number of aromatic hydroxyl groups is 2. The number of anilines is 2. The van der Waals surface area contributed by atoms with Crippen LogP contribution in [0.15, 0.2) is 109 Å². The maximum atomic E-state index is 14.5. The van der Waals surface area contributed by atoms with Crippen molar-refractivity contribution in [2.24, 2.45) is 11.7 Å². The van der Waals surface area contributed by atoms with E-state index in [2.05, 4.69) is 64.9 Å². The number of nitrogen functional groups attached to an aromatic ring is 1. The van der Waals surface area contributed by atoms with E-state index in [4.69, 9.17) is 16.6 Å². The van der Waals surface area contributed by atoms with E-state index in [-0.39, 0.29) is 69.3 Å². The lowest BCUT2D eigenvalue weighted by Crippen LogP contribution is -2.61. The van der Waals surface area contributed by atoms with Crippen LogP contribution in [0.1, 0.15) is 70.6 Å². The van der Waals surface area contributed by atoms with Gasteiger partial charge in [-0.2, -0.15) is 17.7 Å². The molecule has 0 saturated carbocycles. The summed E-state index contributed by atoms with van der Waals surface area (Å²) in [5.74, 6) is -6.80. The Morgan fingerprint density at radius 1 is 0.635 bits per heavy atom. The number of phenolic OH excluding ortho intramolecular Hbond substituents is 2. The Labute approximate surface area is 498 Å². The highest BCUT2D eigenvalue weighted by Gasteiger charge is 2.35. The standard InChI is InChI=1S/C57H69N13O11S.CH4O.CH4/c1-4-32(2)48(68-55(78)45(30-82)62-33(3)71)56(79)66-43(27-36-17-23-40(73)24-18-36)53(76)64-41(12-8-9-25-58)52(75)65-42(26-35-15-21-39(72)22-16-35)54(77)67-44(57(80)81)28-34-13-19-38(20-14-34)63-46(74)29-70-51-47(50(59)60-31-61-51)49(69-70)37-10-6-5-7-11-37;1-2;/h5-7,10-11,13-24,31-32,41-45,48,72-73,82H,4,8-9,12,25-30,58H2,1-3H3,(H,62,71)(H,63,74)(H,64,76)(H,65,75)(H,66,79)(H,67,77)(H,68,78)(H,80,81)(H2,59,60,61);2H,1H3;1H4. The van der Waals surface area contributed by atoms with Crippen LogP contribution in [0.25, 0.3) is 22.3 Å². The lowest BCUT2D eigenvalue weighted by Gasteiger charge is -2.29. The second-order valence-electron chi connectivity index (χ2n) is 19.7. The molecule has 25 nitrogen and oxygen atoms in total. The van der Waals surface area contributed by atoms with E-state index >= 15 is 0 Å². The van der Waals surface area contributed by atoms with Crippen LogP contribution < -0.4 is 48.7 Å². The van der Waals surface area contributed by atoms with Crippen LogP contribution in [0, 0.1) is 5.92 Å². The summed E-state index contributed by atoms with van der Waals surface area (Å²) in [4.78, 5) is 117. The van der Waals surface area contributed by atoms with Crippen LogP contribution in [0.4, 0.5) is 11.5 Å². The summed E-state index contributed by atoms with van der Waals surface area (Å²) < 4.78 is 1.42. The van der Waals surface area contributed by atoms with Crippen molar-refractivity contribution >= 4 is 82.5 Å². The molecular formula is C59H77N13O12S. The van der Waals surface area contributed by atoms with Gasteiger partial charge >= 0.3 is 5.97 Å². The van der Waals surface area contributed by atoms with Crippen molar-refractivity contribution in [2.75, 3.05) is 30.5 Å². The number of aliphatic carboxylic acids is 1. The molecule has 0 aliphatic carbocycles. The normalized spacial score (nSPS) is 13.3. The number of aromatic nitrogens is 4. The molecule has 0 aliphatic rings. The zero-order chi connectivity index (χ0) is 61.5. The van der Waals surface area contributed by atoms with Crippen molar-refractivity contribution in [2.45, 2.75) is 116 Å². The zero-order valence-corrected chi connectivity index (χ0v) is 47.8. The molecule has 4 aromatic carbocycles. The van der Waals surface area contributed by atoms with Crippen molar-refractivity contribution in [1.82, 2.24) is 51.6 Å². The maximum absolute atomic E-state index is 14.5. The van der Waals surface area contributed by atoms with Gasteiger partial charge in [0.25, 0.3) is 0 Å². The number of aliphatic hydroxyl groups excluding tert-OH is 1. The number of nitrogens with zero attached hydrogens (tertiary/aromatic N) is 4. The Hall–Kier alpha value is -9.14. The van der Waals surface area contributed by atoms with Crippen molar-refractivity contribution in [3.05, 3.63) is 126 Å². The topological polar surface area (TPSA) is 397 Å². The molecule has 0 fully saturated rings. The first-order valence-electron chi connectivity index (χ1n) is 27.0. The number of hydrogen-bond donors (Lipinski definition) is 14. The molecule has 15 N–H and O–H groups in total. The summed E-state index contributed by atoms with van der Waals surface area (Å²) in [7, 11) is 1.00. The highest BCUT2D eigenvalue weighted by Crippen LogP contribution is 2.30. The van der Waals surface area contributed by atoms with Gasteiger partial charge < -0.3 is 69.1 Å². The summed E-state index contributed by atoms with van der Waals surface area (Å²) >= 11 is 4.18. The summed E-state index contributed by atoms with van der Waals surface area (Å²) in [5, 5.41) is 61.3. The number of phenols is 2. The number of amides is 7. The molecule has 7 amide bonds. The highest BCUT2D eigenvalue weighted by atomic mass is 32.1. The average Bonchev–Trinajstić information content (AvgIpc) is 2.33. The molecule has 85 heavy (non-hydrogen) atoms. The van der Waals surface area contributed by atoms with Crippen LogP contribution in [0.5, 0.6) is 11.5 Å². The molecule has 7 atom stereocenters. The van der Waals surface area contributed by atoms with Gasteiger partial charge in [-0.3, -0.25) is 33.6 Å². The Kier molecular flexibility index (Phi) is 27.2. The molecule has 6 aromatic rings. The Bertz CT molecular complexity index is 3190. The molecule has 0 radical (unpaired) electrons. The lowest BCUT2D eigenvalue weighted by atomic mass is 9.96. The lowest BCUT2D eigenvalue weighted by molar-refractivity contribution is -0.142.